The topological polar surface area (TPSA) is 153 Å². The minimum absolute atomic E-state index is 0.310. The van der Waals surface area contributed by atoms with Crippen LogP contribution in [0.5, 0.6) is 0 Å². The molecule has 1 saturated heterocycles. The van der Waals surface area contributed by atoms with Gasteiger partial charge in [-0.25, -0.2) is 4.79 Å². The number of ether oxygens (including phenoxy) is 5. The molecule has 11 nitrogen and oxygen atoms in total. The Morgan fingerprint density at radius 1 is 1.03 bits per heavy atom. The largest absolute Gasteiger partial charge is 0.454 e. The van der Waals surface area contributed by atoms with E-state index < -0.39 is 67.2 Å². The second-order valence-electron chi connectivity index (χ2n) is 8.80. The van der Waals surface area contributed by atoms with Crippen molar-refractivity contribution < 1.29 is 43.2 Å². The highest BCUT2D eigenvalue weighted by Crippen LogP contribution is 2.31. The Bertz CT molecular complexity index is 1020. The molecule has 1 fully saturated rings. The molecule has 0 aliphatic carbocycles. The maximum Gasteiger partial charge on any atom is 0.412 e. The van der Waals surface area contributed by atoms with E-state index in [0.717, 1.165) is 0 Å². The van der Waals surface area contributed by atoms with Crippen molar-refractivity contribution in [2.45, 2.75) is 57.4 Å². The van der Waals surface area contributed by atoms with Gasteiger partial charge < -0.3 is 28.8 Å². The van der Waals surface area contributed by atoms with E-state index in [1.165, 1.54) is 31.4 Å². The molecule has 38 heavy (non-hydrogen) atoms. The zero-order valence-corrected chi connectivity index (χ0v) is 21.7. The van der Waals surface area contributed by atoms with Crippen molar-refractivity contribution >= 4 is 23.7 Å². The summed E-state index contributed by atoms with van der Waals surface area (Å²) >= 11 is 0. The van der Waals surface area contributed by atoms with Crippen LogP contribution in [0, 0.1) is 23.2 Å². The highest BCUT2D eigenvalue weighted by atomic mass is 16.7. The molecule has 2 rings (SSSR count). The van der Waals surface area contributed by atoms with Crippen LogP contribution >= 0.6 is 0 Å². The molecule has 0 saturated carbocycles. The third-order valence-corrected chi connectivity index (χ3v) is 5.86. The van der Waals surface area contributed by atoms with Gasteiger partial charge in [-0.3, -0.25) is 14.9 Å². The van der Waals surface area contributed by atoms with E-state index in [2.05, 4.69) is 18.5 Å². The van der Waals surface area contributed by atoms with Crippen molar-refractivity contribution in [1.82, 2.24) is 0 Å². The van der Waals surface area contributed by atoms with Gasteiger partial charge >= 0.3 is 18.0 Å². The first-order chi connectivity index (χ1) is 18.2. The number of nitrogens with zero attached hydrogens (tertiary/aromatic N) is 1. The standard InChI is InChI=1S/C27H34N2O9/c1-6-8-16(3)24(31)36-22-21(38-27(33)29-19-12-10-18(14-28)11-13-19)20(15-30)35-26(34-5)23(22)37-25(32)17(4)9-7-2/h6-7,10-13,16-17,20-23,26,30H,1-2,8-9,15H2,3-5H3,(H,29,33)/t16-,17-,20-,21+,22+,23-,26+/m1/s1. The molecule has 0 radical (unpaired) electrons. The van der Waals surface area contributed by atoms with Crippen molar-refractivity contribution in [2.75, 3.05) is 19.0 Å². The number of benzene rings is 1. The summed E-state index contributed by atoms with van der Waals surface area (Å²) in [7, 11) is 1.30. The summed E-state index contributed by atoms with van der Waals surface area (Å²) in [5.74, 6) is -2.47. The van der Waals surface area contributed by atoms with Gasteiger partial charge in [0.2, 0.25) is 0 Å². The highest BCUT2D eigenvalue weighted by molar-refractivity contribution is 5.85. The number of carbonyl (C=O) groups is 3. The second kappa shape index (κ2) is 14.9. The Kier molecular flexibility index (Phi) is 11.9. The van der Waals surface area contributed by atoms with Gasteiger partial charge in [-0.05, 0) is 37.1 Å². The number of hydrogen-bond donors (Lipinski definition) is 2. The average molecular weight is 531 g/mol. The lowest BCUT2D eigenvalue weighted by atomic mass is 9.97. The summed E-state index contributed by atoms with van der Waals surface area (Å²) in [6.07, 6.45) is -3.69. The molecule has 206 valence electrons. The van der Waals surface area contributed by atoms with Crippen LogP contribution in [0.1, 0.15) is 32.3 Å². The van der Waals surface area contributed by atoms with Crippen LogP contribution in [0.15, 0.2) is 49.6 Å². The van der Waals surface area contributed by atoms with Crippen LogP contribution in [0.25, 0.3) is 0 Å². The minimum Gasteiger partial charge on any atom is -0.454 e. The average Bonchev–Trinajstić information content (AvgIpc) is 2.90. The molecule has 0 aromatic heterocycles. The lowest BCUT2D eigenvalue weighted by molar-refractivity contribution is -0.300. The summed E-state index contributed by atoms with van der Waals surface area (Å²) in [4.78, 5) is 38.5. The predicted octanol–water partition coefficient (Wildman–Crippen LogP) is 3.09. The normalized spacial score (nSPS) is 24.1. The molecule has 1 aromatic rings. The third kappa shape index (κ3) is 8.14. The fourth-order valence-electron chi connectivity index (χ4n) is 3.71. The summed E-state index contributed by atoms with van der Waals surface area (Å²) in [6.45, 7) is 9.88. The fourth-order valence-corrected chi connectivity index (χ4v) is 3.71. The van der Waals surface area contributed by atoms with Crippen LogP contribution in [-0.4, -0.2) is 67.6 Å². The van der Waals surface area contributed by atoms with Crippen molar-refractivity contribution in [3.63, 3.8) is 0 Å². The summed E-state index contributed by atoms with van der Waals surface area (Å²) in [5.41, 5.74) is 0.724. The van der Waals surface area contributed by atoms with E-state index in [4.69, 9.17) is 28.9 Å². The maximum atomic E-state index is 12.9. The lowest BCUT2D eigenvalue weighted by Crippen LogP contribution is -2.63. The third-order valence-electron chi connectivity index (χ3n) is 5.86. The molecule has 1 aromatic carbocycles. The molecular formula is C27H34N2O9. The van der Waals surface area contributed by atoms with E-state index in [-0.39, 0.29) is 0 Å². The van der Waals surface area contributed by atoms with Gasteiger partial charge in [0.15, 0.2) is 24.6 Å². The minimum atomic E-state index is -1.38. The summed E-state index contributed by atoms with van der Waals surface area (Å²) in [5, 5.41) is 21.5. The number of allylic oxidation sites excluding steroid dienone is 2. The number of amides is 1. The summed E-state index contributed by atoms with van der Waals surface area (Å²) < 4.78 is 28.0. The molecule has 0 spiro atoms. The number of nitrogens with one attached hydrogen (secondary N) is 1. The second-order valence-corrected chi connectivity index (χ2v) is 8.80. The van der Waals surface area contributed by atoms with Crippen molar-refractivity contribution in [3.05, 3.63) is 55.1 Å². The van der Waals surface area contributed by atoms with E-state index in [0.29, 0.717) is 24.1 Å². The first-order valence-electron chi connectivity index (χ1n) is 12.1. The molecule has 1 heterocycles. The molecule has 1 aliphatic heterocycles. The lowest BCUT2D eigenvalue weighted by Gasteiger charge is -2.44. The monoisotopic (exact) mass is 530 g/mol. The first-order valence-corrected chi connectivity index (χ1v) is 12.1. The molecule has 2 N–H and O–H groups in total. The molecule has 7 atom stereocenters. The molecule has 0 unspecified atom stereocenters. The van der Waals surface area contributed by atoms with E-state index in [1.54, 1.807) is 26.0 Å². The smallest absolute Gasteiger partial charge is 0.412 e. The zero-order valence-electron chi connectivity index (χ0n) is 21.7. The van der Waals surface area contributed by atoms with E-state index in [9.17, 15) is 19.5 Å². The molecule has 11 heteroatoms. The van der Waals surface area contributed by atoms with Gasteiger partial charge in [-0.1, -0.05) is 26.0 Å². The molecule has 1 aliphatic rings. The van der Waals surface area contributed by atoms with E-state index >= 15 is 0 Å². The molecule has 0 bridgehead atoms. The van der Waals surface area contributed by atoms with Gasteiger partial charge in [-0.15, -0.1) is 13.2 Å². The van der Waals surface area contributed by atoms with Crippen LogP contribution in [0.4, 0.5) is 10.5 Å². The number of esters is 2. The SMILES string of the molecule is C=CC[C@@H](C)C(=O)O[C@H]1[C@@H](OC(=O)Nc2ccc(C#N)cc2)[C@@H](CO)O[C@H](OC)[C@@H]1OC(=O)[C@H](C)CC=C. The molecular weight excluding hydrogens is 496 g/mol. The highest BCUT2D eigenvalue weighted by Gasteiger charge is 2.53. The quantitative estimate of drug-likeness (QED) is 0.234. The zero-order chi connectivity index (χ0) is 28.2. The van der Waals surface area contributed by atoms with E-state index in [1.807, 2.05) is 6.07 Å². The van der Waals surface area contributed by atoms with Crippen LogP contribution in [0.2, 0.25) is 0 Å². The van der Waals surface area contributed by atoms with Crippen molar-refractivity contribution in [2.24, 2.45) is 11.8 Å². The van der Waals surface area contributed by atoms with Gasteiger partial charge in [0.1, 0.15) is 6.10 Å². The predicted molar refractivity (Wildman–Crippen MR) is 136 cm³/mol. The van der Waals surface area contributed by atoms with Crippen LogP contribution in [-0.2, 0) is 33.3 Å². The Morgan fingerprint density at radius 2 is 1.58 bits per heavy atom. The number of methoxy groups -OCH3 is 1. The van der Waals surface area contributed by atoms with Crippen LogP contribution in [0.3, 0.4) is 0 Å². The first kappa shape index (κ1) is 30.5. The summed E-state index contributed by atoms with van der Waals surface area (Å²) in [6, 6.07) is 7.99. The van der Waals surface area contributed by atoms with Gasteiger partial charge in [0, 0.05) is 12.8 Å². The van der Waals surface area contributed by atoms with Gasteiger partial charge in [-0.2, -0.15) is 5.26 Å². The van der Waals surface area contributed by atoms with Gasteiger partial charge in [0.25, 0.3) is 0 Å². The van der Waals surface area contributed by atoms with Crippen molar-refractivity contribution in [3.8, 4) is 6.07 Å². The Labute approximate surface area is 221 Å². The Hall–Kier alpha value is -3.72. The maximum absolute atomic E-state index is 12.9. The number of aliphatic hydroxyl groups is 1. The fraction of sp³-hybridized carbons (Fsp3) is 0.481. The number of hydrogen-bond acceptors (Lipinski definition) is 10. The van der Waals surface area contributed by atoms with Gasteiger partial charge in [0.05, 0.1) is 30.1 Å². The number of rotatable bonds is 12. The number of anilines is 1. The Morgan fingerprint density at radius 3 is 2.05 bits per heavy atom. The van der Waals surface area contributed by atoms with Crippen LogP contribution < -0.4 is 5.32 Å². The number of aliphatic hydroxyl groups excluding tert-OH is 1. The Balaban J connectivity index is 2.38. The molecule has 1 amide bonds. The number of nitriles is 1. The number of carbonyl (C=O) groups excluding carboxylic acids is 3. The van der Waals surface area contributed by atoms with Crippen molar-refractivity contribution in [1.29, 1.82) is 5.26 Å².